The van der Waals surface area contributed by atoms with E-state index in [0.717, 1.165) is 0 Å². The van der Waals surface area contributed by atoms with E-state index < -0.39 is 27.8 Å². The first-order valence-electron chi connectivity index (χ1n) is 7.46. The predicted octanol–water partition coefficient (Wildman–Crippen LogP) is 1.47. The fourth-order valence-electron chi connectivity index (χ4n) is 2.11. The van der Waals surface area contributed by atoms with Crippen molar-refractivity contribution < 1.29 is 19.2 Å². The van der Waals surface area contributed by atoms with Gasteiger partial charge < -0.3 is 14.5 Å². The molecule has 0 amide bonds. The van der Waals surface area contributed by atoms with Crippen molar-refractivity contribution in [3.8, 4) is 11.5 Å². The molecule has 1 aromatic heterocycles. The molecule has 2 N–H and O–H groups in total. The predicted molar refractivity (Wildman–Crippen MR) is 92.2 cm³/mol. The molecular formula is C16H15N3O7. The highest BCUT2D eigenvalue weighted by atomic mass is 16.6. The molecule has 0 bridgehead atoms. The molecule has 1 heterocycles. The molecule has 10 nitrogen and oxygen atoms in total. The molecule has 0 saturated heterocycles. The number of nitrogens with one attached hydrogen (secondary N) is 2. The number of ether oxygens (including phenoxy) is 2. The first-order chi connectivity index (χ1) is 12.3. The summed E-state index contributed by atoms with van der Waals surface area (Å²) in [6, 6.07) is 4.63. The third-order valence-electron chi connectivity index (χ3n) is 3.09. The third-order valence-corrected chi connectivity index (χ3v) is 3.09. The van der Waals surface area contributed by atoms with Crippen LogP contribution >= 0.6 is 0 Å². The van der Waals surface area contributed by atoms with Crippen molar-refractivity contribution in [2.75, 3.05) is 6.61 Å². The van der Waals surface area contributed by atoms with Crippen molar-refractivity contribution in [2.24, 2.45) is 0 Å². The van der Waals surface area contributed by atoms with Gasteiger partial charge in [-0.1, -0.05) is 12.1 Å². The van der Waals surface area contributed by atoms with E-state index >= 15 is 0 Å². The molecule has 136 valence electrons. The van der Waals surface area contributed by atoms with Crippen LogP contribution in [-0.4, -0.2) is 27.5 Å². The quantitative estimate of drug-likeness (QED) is 0.343. The molecule has 0 spiro atoms. The minimum absolute atomic E-state index is 0.229. The van der Waals surface area contributed by atoms with Gasteiger partial charge in [0.15, 0.2) is 11.5 Å². The molecular weight excluding hydrogens is 346 g/mol. The summed E-state index contributed by atoms with van der Waals surface area (Å²) >= 11 is 0. The van der Waals surface area contributed by atoms with Gasteiger partial charge in [-0.25, -0.2) is 4.79 Å². The number of H-pyrrole nitrogens is 2. The Bertz CT molecular complexity index is 988. The van der Waals surface area contributed by atoms with Crippen LogP contribution in [0, 0.1) is 10.1 Å². The minimum Gasteiger partial charge on any atom is -0.490 e. The topological polar surface area (TPSA) is 144 Å². The Morgan fingerprint density at radius 1 is 1.23 bits per heavy atom. The average Bonchev–Trinajstić information content (AvgIpc) is 2.53. The molecule has 10 heteroatoms. The Kier molecular flexibility index (Phi) is 5.68. The molecule has 0 saturated carbocycles. The number of benzene rings is 1. The molecule has 1 aromatic carbocycles. The van der Waals surface area contributed by atoms with Crippen LogP contribution in [0.15, 0.2) is 27.8 Å². The molecule has 0 unspecified atom stereocenters. The number of nitro groups is 1. The largest absolute Gasteiger partial charge is 0.490 e. The molecule has 26 heavy (non-hydrogen) atoms. The van der Waals surface area contributed by atoms with Crippen molar-refractivity contribution >= 4 is 23.8 Å². The summed E-state index contributed by atoms with van der Waals surface area (Å²) in [6.45, 7) is 3.34. The van der Waals surface area contributed by atoms with E-state index in [2.05, 4.69) is 4.98 Å². The van der Waals surface area contributed by atoms with Crippen molar-refractivity contribution in [3.63, 3.8) is 0 Å². The first kappa shape index (κ1) is 18.6. The number of esters is 1. The molecule has 0 fully saturated rings. The van der Waals surface area contributed by atoms with Crippen LogP contribution in [0.3, 0.4) is 0 Å². The lowest BCUT2D eigenvalue weighted by Gasteiger charge is -2.10. The Hall–Kier alpha value is -3.69. The Morgan fingerprint density at radius 3 is 2.58 bits per heavy atom. The van der Waals surface area contributed by atoms with E-state index in [-0.39, 0.29) is 11.4 Å². The van der Waals surface area contributed by atoms with Gasteiger partial charge in [-0.3, -0.25) is 24.7 Å². The van der Waals surface area contributed by atoms with Gasteiger partial charge in [-0.05, 0) is 30.7 Å². The Balaban J connectivity index is 2.44. The number of aromatic nitrogens is 2. The van der Waals surface area contributed by atoms with Crippen LogP contribution < -0.4 is 20.7 Å². The van der Waals surface area contributed by atoms with Crippen molar-refractivity contribution in [1.29, 1.82) is 0 Å². The number of carbonyl (C=O) groups excluding carboxylic acids is 1. The molecule has 2 rings (SSSR count). The fourth-order valence-corrected chi connectivity index (χ4v) is 2.11. The lowest BCUT2D eigenvalue weighted by molar-refractivity contribution is -0.386. The SMILES string of the molecule is CCOc1cc(/C=C\c2[nH]c(=O)[nH]c(=O)c2[N+](=O)[O-])ccc1OC(C)=O. The molecule has 2 aromatic rings. The van der Waals surface area contributed by atoms with Gasteiger partial charge in [-0.15, -0.1) is 0 Å². The lowest BCUT2D eigenvalue weighted by atomic mass is 10.1. The van der Waals surface area contributed by atoms with E-state index in [1.807, 2.05) is 0 Å². The first-order valence-corrected chi connectivity index (χ1v) is 7.46. The number of hydrogen-bond donors (Lipinski definition) is 2. The second-order valence-corrected chi connectivity index (χ2v) is 4.99. The Morgan fingerprint density at radius 2 is 1.96 bits per heavy atom. The van der Waals surface area contributed by atoms with Crippen molar-refractivity contribution in [3.05, 3.63) is 60.4 Å². The standard InChI is InChI=1S/C16H15N3O7/c1-3-25-13-8-10(5-7-12(13)26-9(2)20)4-6-11-14(19(23)24)15(21)18-16(22)17-11/h4-8H,3H2,1-2H3,(H2,17,18,21,22)/b6-4-. The van der Waals surface area contributed by atoms with Gasteiger partial charge in [0.1, 0.15) is 5.69 Å². The van der Waals surface area contributed by atoms with Crippen LogP contribution in [0.4, 0.5) is 5.69 Å². The van der Waals surface area contributed by atoms with E-state index in [1.54, 1.807) is 24.0 Å². The Labute approximate surface area is 146 Å². The molecule has 0 atom stereocenters. The van der Waals surface area contributed by atoms with E-state index in [4.69, 9.17) is 9.47 Å². The van der Waals surface area contributed by atoms with Crippen molar-refractivity contribution in [2.45, 2.75) is 13.8 Å². The van der Waals surface area contributed by atoms with Crippen molar-refractivity contribution in [1.82, 2.24) is 9.97 Å². The van der Waals surface area contributed by atoms with Gasteiger partial charge in [0.05, 0.1) is 11.5 Å². The minimum atomic E-state index is -1.10. The lowest BCUT2D eigenvalue weighted by Crippen LogP contribution is -2.25. The highest BCUT2D eigenvalue weighted by Crippen LogP contribution is 2.29. The third kappa shape index (κ3) is 4.44. The maximum absolute atomic E-state index is 11.6. The number of rotatable bonds is 6. The smallest absolute Gasteiger partial charge is 0.357 e. The maximum Gasteiger partial charge on any atom is 0.357 e. The second kappa shape index (κ2) is 7.92. The molecule has 0 aliphatic carbocycles. The number of carbonyl (C=O) groups is 1. The van der Waals surface area contributed by atoms with E-state index in [9.17, 15) is 24.5 Å². The van der Waals surface area contributed by atoms with Gasteiger partial charge in [0.2, 0.25) is 0 Å². The maximum atomic E-state index is 11.6. The zero-order valence-electron chi connectivity index (χ0n) is 13.9. The van der Waals surface area contributed by atoms with Crippen LogP contribution in [0.5, 0.6) is 11.5 Å². The molecule has 0 radical (unpaired) electrons. The summed E-state index contributed by atoms with van der Waals surface area (Å²) < 4.78 is 10.4. The fraction of sp³-hybridized carbons (Fsp3) is 0.188. The van der Waals surface area contributed by atoms with Gasteiger partial charge in [0, 0.05) is 6.92 Å². The zero-order chi connectivity index (χ0) is 19.3. The highest BCUT2D eigenvalue weighted by Gasteiger charge is 2.18. The number of aromatic amines is 2. The summed E-state index contributed by atoms with van der Waals surface area (Å²) in [5.41, 5.74) is -2.44. The van der Waals surface area contributed by atoms with E-state index in [0.29, 0.717) is 17.9 Å². The zero-order valence-corrected chi connectivity index (χ0v) is 13.9. The average molecular weight is 361 g/mol. The summed E-state index contributed by atoms with van der Waals surface area (Å²) in [7, 11) is 0. The molecule has 0 aliphatic heterocycles. The normalized spacial score (nSPS) is 10.7. The highest BCUT2D eigenvalue weighted by molar-refractivity contribution is 5.74. The van der Waals surface area contributed by atoms with Gasteiger partial charge in [-0.2, -0.15) is 0 Å². The monoisotopic (exact) mass is 361 g/mol. The van der Waals surface area contributed by atoms with Crippen LogP contribution in [-0.2, 0) is 4.79 Å². The second-order valence-electron chi connectivity index (χ2n) is 4.99. The number of hydrogen-bond acceptors (Lipinski definition) is 7. The van der Waals surface area contributed by atoms with Crippen LogP contribution in [0.2, 0.25) is 0 Å². The van der Waals surface area contributed by atoms with Crippen LogP contribution in [0.1, 0.15) is 25.1 Å². The summed E-state index contributed by atoms with van der Waals surface area (Å²) in [6.07, 6.45) is 2.67. The van der Waals surface area contributed by atoms with Crippen LogP contribution in [0.25, 0.3) is 12.2 Å². The number of nitrogens with zero attached hydrogens (tertiary/aromatic N) is 1. The van der Waals surface area contributed by atoms with Gasteiger partial charge >= 0.3 is 22.9 Å². The summed E-state index contributed by atoms with van der Waals surface area (Å²) in [5, 5.41) is 11.0. The summed E-state index contributed by atoms with van der Waals surface area (Å²) in [5.74, 6) is 0.0248. The van der Waals surface area contributed by atoms with E-state index in [1.165, 1.54) is 25.1 Å². The summed E-state index contributed by atoms with van der Waals surface area (Å²) in [4.78, 5) is 48.2. The molecule has 0 aliphatic rings. The van der Waals surface area contributed by atoms with Gasteiger partial charge in [0.25, 0.3) is 0 Å².